The van der Waals surface area contributed by atoms with Gasteiger partial charge < -0.3 is 10.1 Å². The highest BCUT2D eigenvalue weighted by molar-refractivity contribution is 7.17. The normalized spacial score (nSPS) is 16.0. The van der Waals surface area contributed by atoms with Gasteiger partial charge in [-0.1, -0.05) is 36.4 Å². The van der Waals surface area contributed by atoms with E-state index >= 15 is 0 Å². The van der Waals surface area contributed by atoms with Crippen LogP contribution in [-0.4, -0.2) is 48.6 Å². The van der Waals surface area contributed by atoms with E-state index in [1.165, 1.54) is 16.2 Å². The Bertz CT molecular complexity index is 903. The number of carbonyl (C=O) groups is 1. The lowest BCUT2D eigenvalue weighted by Crippen LogP contribution is -2.43. The monoisotopic (exact) mass is 413 g/mol. The van der Waals surface area contributed by atoms with E-state index in [4.69, 9.17) is 4.74 Å². The molecule has 146 valence electrons. The molecule has 5 nitrogen and oxygen atoms in total. The van der Waals surface area contributed by atoms with Gasteiger partial charge in [0.1, 0.15) is 9.88 Å². The molecule has 0 saturated carbocycles. The first-order valence-electron chi connectivity index (χ1n) is 9.38. The van der Waals surface area contributed by atoms with Crippen LogP contribution in [0, 0.1) is 6.92 Å². The molecule has 2 aromatic heterocycles. The van der Waals surface area contributed by atoms with E-state index in [-0.39, 0.29) is 11.9 Å². The molecule has 0 radical (unpaired) electrons. The van der Waals surface area contributed by atoms with Crippen molar-refractivity contribution >= 4 is 28.6 Å². The van der Waals surface area contributed by atoms with Crippen molar-refractivity contribution in [1.82, 2.24) is 15.2 Å². The summed E-state index contributed by atoms with van der Waals surface area (Å²) in [6, 6.07) is 14.4. The van der Waals surface area contributed by atoms with Crippen LogP contribution in [0.1, 0.15) is 26.3 Å². The molecule has 1 amide bonds. The largest absolute Gasteiger partial charge is 0.379 e. The van der Waals surface area contributed by atoms with Crippen LogP contribution in [0.15, 0.2) is 47.8 Å². The molecule has 3 heterocycles. The first-order valence-corrected chi connectivity index (χ1v) is 11.1. The fourth-order valence-corrected chi connectivity index (χ4v) is 5.21. The zero-order valence-electron chi connectivity index (χ0n) is 15.8. The molecular weight excluding hydrogens is 390 g/mol. The average molecular weight is 414 g/mol. The summed E-state index contributed by atoms with van der Waals surface area (Å²) in [4.78, 5) is 21.8. The van der Waals surface area contributed by atoms with Crippen LogP contribution in [0.4, 0.5) is 0 Å². The van der Waals surface area contributed by atoms with Crippen molar-refractivity contribution in [3.8, 4) is 10.6 Å². The number of hydrogen-bond acceptors (Lipinski definition) is 6. The number of aromatic nitrogens is 1. The predicted octanol–water partition coefficient (Wildman–Crippen LogP) is 3.98. The smallest absolute Gasteiger partial charge is 0.263 e. The number of thiophene rings is 1. The van der Waals surface area contributed by atoms with Crippen molar-refractivity contribution in [3.63, 3.8) is 0 Å². The molecule has 1 aliphatic heterocycles. The first kappa shape index (κ1) is 19.3. The molecular formula is C21H23N3O2S2. The quantitative estimate of drug-likeness (QED) is 0.664. The molecule has 0 spiro atoms. The molecule has 3 aromatic rings. The van der Waals surface area contributed by atoms with E-state index in [9.17, 15) is 4.79 Å². The van der Waals surface area contributed by atoms with Crippen molar-refractivity contribution < 1.29 is 9.53 Å². The second-order valence-corrected chi connectivity index (χ2v) is 8.67. The number of rotatable bonds is 6. The minimum Gasteiger partial charge on any atom is -0.379 e. The molecule has 1 fully saturated rings. The van der Waals surface area contributed by atoms with Crippen LogP contribution >= 0.6 is 22.7 Å². The number of nitrogens with one attached hydrogen (secondary N) is 1. The van der Waals surface area contributed by atoms with Gasteiger partial charge >= 0.3 is 0 Å². The van der Waals surface area contributed by atoms with Gasteiger partial charge in [-0.05, 0) is 18.4 Å². The van der Waals surface area contributed by atoms with Crippen molar-refractivity contribution in [2.45, 2.75) is 13.0 Å². The van der Waals surface area contributed by atoms with Crippen LogP contribution in [-0.2, 0) is 4.74 Å². The number of hydrogen-bond donors (Lipinski definition) is 1. The summed E-state index contributed by atoms with van der Waals surface area (Å²) in [6.07, 6.45) is 0. The van der Waals surface area contributed by atoms with E-state index in [0.717, 1.165) is 42.6 Å². The maximum Gasteiger partial charge on any atom is 0.263 e. The van der Waals surface area contributed by atoms with Crippen molar-refractivity contribution in [2.24, 2.45) is 0 Å². The summed E-state index contributed by atoms with van der Waals surface area (Å²) in [5, 5.41) is 6.11. The Balaban J connectivity index is 1.47. The third-order valence-electron chi connectivity index (χ3n) is 4.84. The average Bonchev–Trinajstić information content (AvgIpc) is 3.40. The molecule has 1 atom stereocenters. The molecule has 1 N–H and O–H groups in total. The zero-order chi connectivity index (χ0) is 19.3. The fourth-order valence-electron chi connectivity index (χ4n) is 3.36. The summed E-state index contributed by atoms with van der Waals surface area (Å²) in [6.45, 7) is 5.73. The van der Waals surface area contributed by atoms with Crippen molar-refractivity contribution in [3.05, 3.63) is 63.3 Å². The molecule has 1 unspecified atom stereocenters. The van der Waals surface area contributed by atoms with Crippen molar-refractivity contribution in [2.75, 3.05) is 32.8 Å². The minimum atomic E-state index is -0.0491. The maximum absolute atomic E-state index is 12.9. The van der Waals surface area contributed by atoms with Crippen LogP contribution < -0.4 is 5.32 Å². The van der Waals surface area contributed by atoms with Gasteiger partial charge in [0.2, 0.25) is 0 Å². The zero-order valence-corrected chi connectivity index (χ0v) is 17.4. The Morgan fingerprint density at radius 1 is 1.21 bits per heavy atom. The Labute approximate surface area is 173 Å². The SMILES string of the molecule is Cc1nc(-c2ccccc2)sc1C(=O)NCC(c1cccs1)N1CCOCC1. The van der Waals surface area contributed by atoms with Gasteiger partial charge in [0.15, 0.2) is 0 Å². The lowest BCUT2D eigenvalue weighted by molar-refractivity contribution is 0.0169. The Morgan fingerprint density at radius 3 is 2.71 bits per heavy atom. The molecule has 1 aliphatic rings. The van der Waals surface area contributed by atoms with E-state index in [1.807, 2.05) is 37.3 Å². The van der Waals surface area contributed by atoms with Gasteiger partial charge in [0.25, 0.3) is 5.91 Å². The Hall–Kier alpha value is -2.06. The predicted molar refractivity (Wildman–Crippen MR) is 114 cm³/mol. The van der Waals surface area contributed by atoms with Gasteiger partial charge in [0, 0.05) is 30.1 Å². The van der Waals surface area contributed by atoms with E-state index in [0.29, 0.717) is 11.4 Å². The first-order chi connectivity index (χ1) is 13.7. The summed E-state index contributed by atoms with van der Waals surface area (Å²) < 4.78 is 5.49. The third kappa shape index (κ3) is 4.33. The van der Waals surface area contributed by atoms with Crippen LogP contribution in [0.3, 0.4) is 0 Å². The van der Waals surface area contributed by atoms with E-state index < -0.39 is 0 Å². The molecule has 28 heavy (non-hydrogen) atoms. The van der Waals surface area contributed by atoms with E-state index in [1.54, 1.807) is 11.3 Å². The number of thiazole rings is 1. The third-order valence-corrected chi connectivity index (χ3v) is 7.02. The summed E-state index contributed by atoms with van der Waals surface area (Å²) >= 11 is 3.18. The Kier molecular flexibility index (Phi) is 6.17. The lowest BCUT2D eigenvalue weighted by Gasteiger charge is -2.34. The number of amides is 1. The number of benzene rings is 1. The second-order valence-electron chi connectivity index (χ2n) is 6.69. The molecule has 1 aromatic carbocycles. The van der Waals surface area contributed by atoms with Gasteiger partial charge in [-0.3, -0.25) is 9.69 Å². The maximum atomic E-state index is 12.9. The summed E-state index contributed by atoms with van der Waals surface area (Å²) in [7, 11) is 0. The molecule has 4 rings (SSSR count). The second kappa shape index (κ2) is 8.96. The summed E-state index contributed by atoms with van der Waals surface area (Å²) in [5.41, 5.74) is 1.82. The molecule has 7 heteroatoms. The number of morpholine rings is 1. The topological polar surface area (TPSA) is 54.5 Å². The summed E-state index contributed by atoms with van der Waals surface area (Å²) in [5.74, 6) is -0.0491. The standard InChI is InChI=1S/C21H23N3O2S2/c1-15-19(28-21(23-15)16-6-3-2-4-7-16)20(25)22-14-17(18-8-5-13-27-18)24-9-11-26-12-10-24/h2-8,13,17H,9-12,14H2,1H3,(H,22,25). The number of ether oxygens (including phenoxy) is 1. The van der Waals surface area contributed by atoms with Gasteiger partial charge in [-0.15, -0.1) is 22.7 Å². The van der Waals surface area contributed by atoms with Gasteiger partial charge in [-0.25, -0.2) is 4.98 Å². The lowest BCUT2D eigenvalue weighted by atomic mass is 10.2. The van der Waals surface area contributed by atoms with Crippen LogP contribution in [0.2, 0.25) is 0 Å². The van der Waals surface area contributed by atoms with Gasteiger partial charge in [-0.2, -0.15) is 0 Å². The molecule has 1 saturated heterocycles. The molecule has 0 aliphatic carbocycles. The highest BCUT2D eigenvalue weighted by atomic mass is 32.1. The minimum absolute atomic E-state index is 0.0491. The number of nitrogens with zero attached hydrogens (tertiary/aromatic N) is 2. The highest BCUT2D eigenvalue weighted by Crippen LogP contribution is 2.29. The molecule has 0 bridgehead atoms. The number of aryl methyl sites for hydroxylation is 1. The fraction of sp³-hybridized carbons (Fsp3) is 0.333. The van der Waals surface area contributed by atoms with Crippen molar-refractivity contribution in [1.29, 1.82) is 0 Å². The van der Waals surface area contributed by atoms with E-state index in [2.05, 4.69) is 32.7 Å². The highest BCUT2D eigenvalue weighted by Gasteiger charge is 2.25. The Morgan fingerprint density at radius 2 is 2.00 bits per heavy atom. The van der Waals surface area contributed by atoms with Crippen LogP contribution in [0.25, 0.3) is 10.6 Å². The number of carbonyl (C=O) groups excluding carboxylic acids is 1. The van der Waals surface area contributed by atoms with Crippen LogP contribution in [0.5, 0.6) is 0 Å². The van der Waals surface area contributed by atoms with Gasteiger partial charge in [0.05, 0.1) is 24.9 Å².